The van der Waals surface area contributed by atoms with Crippen molar-refractivity contribution in [2.45, 2.75) is 19.5 Å². The van der Waals surface area contributed by atoms with E-state index in [9.17, 15) is 4.79 Å². The molecule has 1 aromatic carbocycles. The molecule has 0 saturated carbocycles. The van der Waals surface area contributed by atoms with Crippen LogP contribution in [-0.4, -0.2) is 25.7 Å². The van der Waals surface area contributed by atoms with Crippen LogP contribution in [0.2, 0.25) is 0 Å². The molecule has 0 heterocycles. The van der Waals surface area contributed by atoms with Crippen LogP contribution in [-0.2, 0) is 16.1 Å². The summed E-state index contributed by atoms with van der Waals surface area (Å²) in [6.07, 6.45) is 0. The highest BCUT2D eigenvalue weighted by Gasteiger charge is 2.17. The lowest BCUT2D eigenvalue weighted by atomic mass is 10.2. The van der Waals surface area contributed by atoms with Crippen molar-refractivity contribution < 1.29 is 9.53 Å². The van der Waals surface area contributed by atoms with Gasteiger partial charge in [0.25, 0.3) is 0 Å². The highest BCUT2D eigenvalue weighted by atomic mass is 16.5. The van der Waals surface area contributed by atoms with Gasteiger partial charge in [0, 0.05) is 19.4 Å². The minimum atomic E-state index is -0.406. The van der Waals surface area contributed by atoms with Crippen molar-refractivity contribution in [2.24, 2.45) is 0 Å². The quantitative estimate of drug-likeness (QED) is 0.767. The first-order valence-electron chi connectivity index (χ1n) is 5.86. The molecule has 1 amide bonds. The van der Waals surface area contributed by atoms with E-state index in [4.69, 9.17) is 4.74 Å². The van der Waals surface area contributed by atoms with Gasteiger partial charge in [-0.25, -0.2) is 0 Å². The standard InChI is InChI=1S/C14H20N2O2/c1-11(2)16-13(10-18-3)14(17)15-9-12-7-5-4-6-8-12/h4-8,13,16H,1,9-10H2,2-3H3,(H,15,17)/t13-/m1/s1. The Balaban J connectivity index is 2.48. The molecule has 1 rings (SSSR count). The first-order chi connectivity index (χ1) is 8.63. The first-order valence-corrected chi connectivity index (χ1v) is 5.86. The van der Waals surface area contributed by atoms with Gasteiger partial charge >= 0.3 is 0 Å². The Kier molecular flexibility index (Phi) is 5.94. The molecule has 0 unspecified atom stereocenters. The van der Waals surface area contributed by atoms with Crippen molar-refractivity contribution >= 4 is 5.91 Å². The third-order valence-electron chi connectivity index (χ3n) is 2.38. The number of amides is 1. The number of allylic oxidation sites excluding steroid dienone is 1. The van der Waals surface area contributed by atoms with Crippen molar-refractivity contribution in [3.8, 4) is 0 Å². The third kappa shape index (κ3) is 5.01. The fraction of sp³-hybridized carbons (Fsp3) is 0.357. The molecular weight excluding hydrogens is 228 g/mol. The van der Waals surface area contributed by atoms with E-state index in [0.717, 1.165) is 11.3 Å². The monoisotopic (exact) mass is 248 g/mol. The molecule has 0 bridgehead atoms. The van der Waals surface area contributed by atoms with E-state index < -0.39 is 6.04 Å². The minimum absolute atomic E-state index is 0.0938. The minimum Gasteiger partial charge on any atom is -0.382 e. The van der Waals surface area contributed by atoms with Gasteiger partial charge in [-0.1, -0.05) is 36.9 Å². The van der Waals surface area contributed by atoms with Gasteiger partial charge in [-0.3, -0.25) is 4.79 Å². The summed E-state index contributed by atoms with van der Waals surface area (Å²) in [5.41, 5.74) is 1.81. The van der Waals surface area contributed by atoms with E-state index in [-0.39, 0.29) is 5.91 Å². The van der Waals surface area contributed by atoms with Gasteiger partial charge in [-0.15, -0.1) is 0 Å². The van der Waals surface area contributed by atoms with E-state index in [1.54, 1.807) is 7.11 Å². The molecule has 4 nitrogen and oxygen atoms in total. The topological polar surface area (TPSA) is 50.4 Å². The number of hydrogen-bond acceptors (Lipinski definition) is 3. The summed E-state index contributed by atoms with van der Waals surface area (Å²) in [6, 6.07) is 9.37. The van der Waals surface area contributed by atoms with Crippen molar-refractivity contribution in [3.63, 3.8) is 0 Å². The summed E-state index contributed by atoms with van der Waals surface area (Å²) >= 11 is 0. The molecule has 0 spiro atoms. The van der Waals surface area contributed by atoms with E-state index in [0.29, 0.717) is 13.2 Å². The summed E-state index contributed by atoms with van der Waals surface area (Å²) in [6.45, 7) is 6.37. The molecule has 4 heteroatoms. The van der Waals surface area contributed by atoms with Crippen LogP contribution in [0.15, 0.2) is 42.6 Å². The number of benzene rings is 1. The maximum absolute atomic E-state index is 11.9. The largest absolute Gasteiger partial charge is 0.382 e. The Morgan fingerprint density at radius 2 is 2.06 bits per heavy atom. The highest BCUT2D eigenvalue weighted by molar-refractivity contribution is 5.82. The number of hydrogen-bond donors (Lipinski definition) is 2. The van der Waals surface area contributed by atoms with Gasteiger partial charge in [-0.05, 0) is 12.5 Å². The Bertz CT molecular complexity index is 390. The molecule has 0 fully saturated rings. The second kappa shape index (κ2) is 7.50. The zero-order valence-electron chi connectivity index (χ0n) is 10.9. The summed E-state index contributed by atoms with van der Waals surface area (Å²) in [5.74, 6) is -0.0938. The van der Waals surface area contributed by atoms with E-state index in [1.807, 2.05) is 37.3 Å². The van der Waals surface area contributed by atoms with Crippen LogP contribution in [0.1, 0.15) is 12.5 Å². The second-order valence-electron chi connectivity index (χ2n) is 4.14. The summed E-state index contributed by atoms with van der Waals surface area (Å²) in [4.78, 5) is 11.9. The van der Waals surface area contributed by atoms with Gasteiger partial charge in [0.15, 0.2) is 0 Å². The molecule has 0 aliphatic heterocycles. The van der Waals surface area contributed by atoms with Crippen LogP contribution in [0.25, 0.3) is 0 Å². The fourth-order valence-corrected chi connectivity index (χ4v) is 1.56. The number of nitrogens with one attached hydrogen (secondary N) is 2. The fourth-order valence-electron chi connectivity index (χ4n) is 1.56. The summed E-state index contributed by atoms with van der Waals surface area (Å²) in [7, 11) is 1.57. The molecule has 0 saturated heterocycles. The van der Waals surface area contributed by atoms with Gasteiger partial charge < -0.3 is 15.4 Å². The summed E-state index contributed by atoms with van der Waals surface area (Å²) in [5, 5.41) is 5.85. The molecule has 0 aliphatic carbocycles. The Labute approximate surface area is 108 Å². The van der Waals surface area contributed by atoms with Crippen molar-refractivity contribution in [2.75, 3.05) is 13.7 Å². The van der Waals surface area contributed by atoms with Gasteiger partial charge in [0.1, 0.15) is 6.04 Å². The first kappa shape index (κ1) is 14.3. The van der Waals surface area contributed by atoms with Crippen molar-refractivity contribution in [3.05, 3.63) is 48.2 Å². The van der Waals surface area contributed by atoms with Crippen LogP contribution in [0.5, 0.6) is 0 Å². The number of rotatable bonds is 7. The zero-order chi connectivity index (χ0) is 13.4. The van der Waals surface area contributed by atoms with Gasteiger partial charge in [0.2, 0.25) is 5.91 Å². The predicted molar refractivity (Wildman–Crippen MR) is 71.9 cm³/mol. The lowest BCUT2D eigenvalue weighted by Gasteiger charge is -2.18. The molecule has 98 valence electrons. The average molecular weight is 248 g/mol. The van der Waals surface area contributed by atoms with Crippen molar-refractivity contribution in [1.82, 2.24) is 10.6 Å². The van der Waals surface area contributed by atoms with Gasteiger partial charge in [0.05, 0.1) is 6.61 Å². The van der Waals surface area contributed by atoms with Crippen LogP contribution >= 0.6 is 0 Å². The van der Waals surface area contributed by atoms with Gasteiger partial charge in [-0.2, -0.15) is 0 Å². The SMILES string of the molecule is C=C(C)N[C@H](COC)C(=O)NCc1ccccc1. The summed E-state index contributed by atoms with van der Waals surface area (Å²) < 4.78 is 5.01. The van der Waals surface area contributed by atoms with Crippen LogP contribution < -0.4 is 10.6 Å². The zero-order valence-corrected chi connectivity index (χ0v) is 10.9. The molecule has 1 aromatic rings. The number of methoxy groups -OCH3 is 1. The smallest absolute Gasteiger partial charge is 0.245 e. The second-order valence-corrected chi connectivity index (χ2v) is 4.14. The predicted octanol–water partition coefficient (Wildman–Crippen LogP) is 1.44. The Hall–Kier alpha value is -1.81. The molecular formula is C14H20N2O2. The normalized spacial score (nSPS) is 11.7. The van der Waals surface area contributed by atoms with Crippen molar-refractivity contribution in [1.29, 1.82) is 0 Å². The molecule has 0 aromatic heterocycles. The average Bonchev–Trinajstić information content (AvgIpc) is 2.36. The maximum Gasteiger partial charge on any atom is 0.245 e. The molecule has 1 atom stereocenters. The Morgan fingerprint density at radius 1 is 1.39 bits per heavy atom. The number of carbonyl (C=O) groups excluding carboxylic acids is 1. The van der Waals surface area contributed by atoms with Crippen LogP contribution in [0.4, 0.5) is 0 Å². The van der Waals surface area contributed by atoms with E-state index in [1.165, 1.54) is 0 Å². The third-order valence-corrected chi connectivity index (χ3v) is 2.38. The lowest BCUT2D eigenvalue weighted by molar-refractivity contribution is -0.124. The number of ether oxygens (including phenoxy) is 1. The molecule has 18 heavy (non-hydrogen) atoms. The van der Waals surface area contributed by atoms with Crippen LogP contribution in [0, 0.1) is 0 Å². The molecule has 2 N–H and O–H groups in total. The van der Waals surface area contributed by atoms with E-state index in [2.05, 4.69) is 17.2 Å². The molecule has 0 radical (unpaired) electrons. The lowest BCUT2D eigenvalue weighted by Crippen LogP contribution is -2.45. The highest BCUT2D eigenvalue weighted by Crippen LogP contribution is 1.98. The number of carbonyl (C=O) groups is 1. The van der Waals surface area contributed by atoms with Crippen LogP contribution in [0.3, 0.4) is 0 Å². The van der Waals surface area contributed by atoms with E-state index >= 15 is 0 Å². The Morgan fingerprint density at radius 3 is 2.61 bits per heavy atom. The maximum atomic E-state index is 11.9. The molecule has 0 aliphatic rings.